The van der Waals surface area contributed by atoms with E-state index >= 15 is 0 Å². The quantitative estimate of drug-likeness (QED) is 0.868. The highest BCUT2D eigenvalue weighted by atomic mass is 32.1. The minimum atomic E-state index is -0.345. The van der Waals surface area contributed by atoms with Crippen LogP contribution in [0, 0.1) is 0 Å². The first kappa shape index (κ1) is 15.9. The molecule has 6 heteroatoms. The average molecular weight is 323 g/mol. The van der Waals surface area contributed by atoms with Crippen molar-refractivity contribution < 1.29 is 9.53 Å². The van der Waals surface area contributed by atoms with Crippen molar-refractivity contribution in [1.82, 2.24) is 15.6 Å². The van der Waals surface area contributed by atoms with E-state index in [0.29, 0.717) is 25.6 Å². The zero-order chi connectivity index (χ0) is 15.2. The molecule has 5 nitrogen and oxygen atoms in total. The Balaban J connectivity index is 1.41. The number of aromatic nitrogens is 1. The van der Waals surface area contributed by atoms with E-state index in [1.54, 1.807) is 11.3 Å². The van der Waals surface area contributed by atoms with Gasteiger partial charge in [0.25, 0.3) is 0 Å². The average Bonchev–Trinajstić information content (AvgIpc) is 3.05. The fourth-order valence-electron chi connectivity index (χ4n) is 3.17. The molecule has 2 aliphatic rings. The minimum absolute atomic E-state index is 0.0174. The van der Waals surface area contributed by atoms with Gasteiger partial charge < -0.3 is 15.4 Å². The normalized spacial score (nSPS) is 23.4. The highest BCUT2D eigenvalue weighted by molar-refractivity contribution is 7.09. The van der Waals surface area contributed by atoms with Gasteiger partial charge in [0.1, 0.15) is 6.10 Å². The number of carbonyl (C=O) groups is 1. The van der Waals surface area contributed by atoms with Crippen LogP contribution in [0.25, 0.3) is 0 Å². The molecule has 1 atom stereocenters. The Bertz CT molecular complexity index is 479. The Morgan fingerprint density at radius 1 is 1.41 bits per heavy atom. The Labute approximate surface area is 135 Å². The van der Waals surface area contributed by atoms with Crippen LogP contribution in [0.2, 0.25) is 0 Å². The van der Waals surface area contributed by atoms with E-state index in [-0.39, 0.29) is 12.0 Å². The van der Waals surface area contributed by atoms with E-state index in [1.165, 1.54) is 37.8 Å². The van der Waals surface area contributed by atoms with Gasteiger partial charge in [-0.15, -0.1) is 11.3 Å². The van der Waals surface area contributed by atoms with Gasteiger partial charge in [-0.1, -0.05) is 19.3 Å². The molecule has 1 aliphatic carbocycles. The molecule has 1 saturated carbocycles. The number of nitrogens with one attached hydrogen (secondary N) is 2. The van der Waals surface area contributed by atoms with Crippen LogP contribution in [-0.4, -0.2) is 43.2 Å². The van der Waals surface area contributed by atoms with E-state index < -0.39 is 0 Å². The van der Waals surface area contributed by atoms with Crippen molar-refractivity contribution in [2.75, 3.05) is 26.2 Å². The molecule has 2 fully saturated rings. The molecular formula is C16H25N3O2S. The monoisotopic (exact) mass is 323 g/mol. The van der Waals surface area contributed by atoms with Crippen molar-refractivity contribution in [3.63, 3.8) is 0 Å². The molecule has 0 radical (unpaired) electrons. The van der Waals surface area contributed by atoms with Gasteiger partial charge in [0.2, 0.25) is 5.91 Å². The van der Waals surface area contributed by atoms with Crippen LogP contribution in [0.5, 0.6) is 0 Å². The number of thiazole rings is 1. The summed E-state index contributed by atoms with van der Waals surface area (Å²) in [6.07, 6.45) is 7.08. The first-order chi connectivity index (χ1) is 10.8. The predicted molar refractivity (Wildman–Crippen MR) is 87.3 cm³/mol. The number of nitrogens with zero attached hydrogens (tertiary/aromatic N) is 1. The zero-order valence-corrected chi connectivity index (χ0v) is 13.8. The standard InChI is InChI=1S/C16H25N3O2S/c20-16(14-10-17-8-9-21-14)18-7-6-15-19-13(11-22-15)12-4-2-1-3-5-12/h11-12,14,17H,1-10H2,(H,18,20). The van der Waals surface area contributed by atoms with Gasteiger partial charge >= 0.3 is 0 Å². The molecule has 122 valence electrons. The third kappa shape index (κ3) is 4.27. The number of morpholine rings is 1. The highest BCUT2D eigenvalue weighted by Crippen LogP contribution is 2.33. The van der Waals surface area contributed by atoms with Crippen molar-refractivity contribution in [3.05, 3.63) is 16.1 Å². The first-order valence-corrected chi connectivity index (χ1v) is 9.25. The molecule has 1 saturated heterocycles. The molecule has 0 bridgehead atoms. The van der Waals surface area contributed by atoms with E-state index in [9.17, 15) is 4.79 Å². The maximum atomic E-state index is 11.9. The summed E-state index contributed by atoms with van der Waals surface area (Å²) in [4.78, 5) is 16.7. The van der Waals surface area contributed by atoms with E-state index in [4.69, 9.17) is 9.72 Å². The second-order valence-corrected chi connectivity index (χ2v) is 7.05. The molecule has 22 heavy (non-hydrogen) atoms. The number of ether oxygens (including phenoxy) is 1. The Morgan fingerprint density at radius 3 is 3.05 bits per heavy atom. The maximum Gasteiger partial charge on any atom is 0.250 e. The van der Waals surface area contributed by atoms with Gasteiger partial charge in [-0.25, -0.2) is 4.98 Å². The molecule has 0 spiro atoms. The van der Waals surface area contributed by atoms with Crippen LogP contribution in [0.3, 0.4) is 0 Å². The minimum Gasteiger partial charge on any atom is -0.366 e. The molecule has 3 rings (SSSR count). The van der Waals surface area contributed by atoms with E-state index in [1.807, 2.05) is 0 Å². The van der Waals surface area contributed by atoms with Crippen LogP contribution in [-0.2, 0) is 16.0 Å². The molecule has 1 unspecified atom stereocenters. The first-order valence-electron chi connectivity index (χ1n) is 8.37. The molecule has 1 aliphatic heterocycles. The number of amides is 1. The molecular weight excluding hydrogens is 298 g/mol. The van der Waals surface area contributed by atoms with Crippen molar-refractivity contribution in [2.45, 2.75) is 50.5 Å². The van der Waals surface area contributed by atoms with Crippen LogP contribution in [0.15, 0.2) is 5.38 Å². The summed E-state index contributed by atoms with van der Waals surface area (Å²) < 4.78 is 5.44. The summed E-state index contributed by atoms with van der Waals surface area (Å²) in [5.74, 6) is 0.645. The van der Waals surface area contributed by atoms with Gasteiger partial charge in [0.15, 0.2) is 0 Å². The third-order valence-electron chi connectivity index (χ3n) is 4.45. The number of hydrogen-bond donors (Lipinski definition) is 2. The van der Waals surface area contributed by atoms with Gasteiger partial charge in [-0.05, 0) is 12.8 Å². The largest absolute Gasteiger partial charge is 0.366 e. The second-order valence-electron chi connectivity index (χ2n) is 6.11. The summed E-state index contributed by atoms with van der Waals surface area (Å²) in [6.45, 7) is 2.67. The number of hydrogen-bond acceptors (Lipinski definition) is 5. The van der Waals surface area contributed by atoms with Gasteiger partial charge in [-0.3, -0.25) is 4.79 Å². The Morgan fingerprint density at radius 2 is 2.27 bits per heavy atom. The van der Waals surface area contributed by atoms with Crippen LogP contribution >= 0.6 is 11.3 Å². The zero-order valence-electron chi connectivity index (χ0n) is 13.0. The summed E-state index contributed by atoms with van der Waals surface area (Å²) in [7, 11) is 0. The van der Waals surface area contributed by atoms with Crippen molar-refractivity contribution >= 4 is 17.2 Å². The lowest BCUT2D eigenvalue weighted by Crippen LogP contribution is -2.48. The lowest BCUT2D eigenvalue weighted by molar-refractivity contribution is -0.134. The van der Waals surface area contributed by atoms with Crippen molar-refractivity contribution in [3.8, 4) is 0 Å². The smallest absolute Gasteiger partial charge is 0.250 e. The summed E-state index contributed by atoms with van der Waals surface area (Å²) in [5, 5.41) is 9.46. The summed E-state index contributed by atoms with van der Waals surface area (Å²) in [5.41, 5.74) is 1.27. The maximum absolute atomic E-state index is 11.9. The molecule has 1 aromatic heterocycles. The lowest BCUT2D eigenvalue weighted by atomic mass is 9.87. The summed E-state index contributed by atoms with van der Waals surface area (Å²) in [6, 6.07) is 0. The molecule has 1 aromatic rings. The molecule has 2 heterocycles. The van der Waals surface area contributed by atoms with Crippen LogP contribution < -0.4 is 10.6 Å². The second kappa shape index (κ2) is 8.04. The predicted octanol–water partition coefficient (Wildman–Crippen LogP) is 1.84. The highest BCUT2D eigenvalue weighted by Gasteiger charge is 2.21. The van der Waals surface area contributed by atoms with Gasteiger partial charge in [0.05, 0.1) is 17.3 Å². The number of rotatable bonds is 5. The van der Waals surface area contributed by atoms with Crippen molar-refractivity contribution in [2.24, 2.45) is 0 Å². The SMILES string of the molecule is O=C(NCCc1nc(C2CCCCC2)cs1)C1CNCCO1. The van der Waals surface area contributed by atoms with E-state index in [2.05, 4.69) is 16.0 Å². The fraction of sp³-hybridized carbons (Fsp3) is 0.750. The lowest BCUT2D eigenvalue weighted by Gasteiger charge is -2.22. The molecule has 0 aromatic carbocycles. The van der Waals surface area contributed by atoms with Crippen LogP contribution in [0.1, 0.15) is 48.7 Å². The van der Waals surface area contributed by atoms with Gasteiger partial charge in [-0.2, -0.15) is 0 Å². The number of carbonyl (C=O) groups excluding carboxylic acids is 1. The fourth-order valence-corrected chi connectivity index (χ4v) is 4.05. The summed E-state index contributed by atoms with van der Waals surface area (Å²) >= 11 is 1.72. The third-order valence-corrected chi connectivity index (χ3v) is 5.38. The molecule has 1 amide bonds. The van der Waals surface area contributed by atoms with Crippen molar-refractivity contribution in [1.29, 1.82) is 0 Å². The van der Waals surface area contributed by atoms with Gasteiger partial charge in [0, 0.05) is 37.4 Å². The Kier molecular flexibility index (Phi) is 5.81. The van der Waals surface area contributed by atoms with E-state index in [0.717, 1.165) is 18.0 Å². The Hall–Kier alpha value is -0.980. The topological polar surface area (TPSA) is 63.2 Å². The molecule has 2 N–H and O–H groups in total. The van der Waals surface area contributed by atoms with Crippen LogP contribution in [0.4, 0.5) is 0 Å².